The van der Waals surface area contributed by atoms with Crippen molar-refractivity contribution in [2.75, 3.05) is 25.1 Å². The maximum atomic E-state index is 5.69. The predicted molar refractivity (Wildman–Crippen MR) is 129 cm³/mol. The lowest BCUT2D eigenvalue weighted by molar-refractivity contribution is 0.287. The summed E-state index contributed by atoms with van der Waals surface area (Å²) in [5.74, 6) is 2.28. The molecule has 0 unspecified atom stereocenters. The number of hydrogen-bond donors (Lipinski definition) is 2. The Labute approximate surface area is 189 Å². The first-order valence-electron chi connectivity index (χ1n) is 10.6. The summed E-state index contributed by atoms with van der Waals surface area (Å²) in [6, 6.07) is 16.4. The second kappa shape index (κ2) is 11.4. The van der Waals surface area contributed by atoms with Crippen LogP contribution in [-0.2, 0) is 13.0 Å². The zero-order chi connectivity index (χ0) is 22.1. The Morgan fingerprint density at radius 3 is 2.58 bits per heavy atom. The Kier molecular flexibility index (Phi) is 8.29. The summed E-state index contributed by atoms with van der Waals surface area (Å²) < 4.78 is 13.2. The first kappa shape index (κ1) is 22.6. The van der Waals surface area contributed by atoms with Crippen LogP contribution >= 0.6 is 12.2 Å². The Bertz CT molecular complexity index is 1000. The van der Waals surface area contributed by atoms with E-state index in [4.69, 9.17) is 21.7 Å². The van der Waals surface area contributed by atoms with Gasteiger partial charge in [-0.3, -0.25) is 4.68 Å². The van der Waals surface area contributed by atoms with Gasteiger partial charge in [-0.2, -0.15) is 5.10 Å². The van der Waals surface area contributed by atoms with Crippen molar-refractivity contribution < 1.29 is 9.47 Å². The van der Waals surface area contributed by atoms with E-state index in [1.807, 2.05) is 42.9 Å². The molecule has 0 amide bonds. The molecule has 164 valence electrons. The van der Waals surface area contributed by atoms with E-state index in [9.17, 15) is 0 Å². The van der Waals surface area contributed by atoms with E-state index < -0.39 is 0 Å². The molecule has 31 heavy (non-hydrogen) atoms. The number of aromatic nitrogens is 2. The van der Waals surface area contributed by atoms with Crippen molar-refractivity contribution >= 4 is 23.1 Å². The van der Waals surface area contributed by atoms with Gasteiger partial charge < -0.3 is 20.1 Å². The molecule has 2 N–H and O–H groups in total. The molecule has 1 aromatic heterocycles. The van der Waals surface area contributed by atoms with Crippen molar-refractivity contribution in [1.29, 1.82) is 0 Å². The van der Waals surface area contributed by atoms with E-state index >= 15 is 0 Å². The van der Waals surface area contributed by atoms with Gasteiger partial charge in [-0.15, -0.1) is 0 Å². The van der Waals surface area contributed by atoms with Gasteiger partial charge in [-0.25, -0.2) is 0 Å². The summed E-state index contributed by atoms with van der Waals surface area (Å²) in [6.07, 6.45) is 2.76. The Morgan fingerprint density at radius 1 is 1.00 bits per heavy atom. The van der Waals surface area contributed by atoms with Crippen molar-refractivity contribution in [3.05, 3.63) is 71.4 Å². The van der Waals surface area contributed by atoms with Crippen LogP contribution in [0.4, 0.5) is 5.82 Å². The molecule has 0 aliphatic carbocycles. The minimum Gasteiger partial charge on any atom is -0.490 e. The molecule has 1 heterocycles. The SMILES string of the molecule is CCOc1ccc(CCNC(=S)Nc2ccn(Cc3cccc(C)c3)n2)cc1OCC. The van der Waals surface area contributed by atoms with E-state index in [2.05, 4.69) is 53.0 Å². The fourth-order valence-corrected chi connectivity index (χ4v) is 3.45. The summed E-state index contributed by atoms with van der Waals surface area (Å²) >= 11 is 5.41. The van der Waals surface area contributed by atoms with Gasteiger partial charge in [0, 0.05) is 18.8 Å². The molecular weight excluding hydrogens is 408 g/mol. The van der Waals surface area contributed by atoms with Crippen molar-refractivity contribution in [2.45, 2.75) is 33.7 Å². The van der Waals surface area contributed by atoms with Crippen LogP contribution in [0, 0.1) is 6.92 Å². The number of nitrogens with zero attached hydrogens (tertiary/aromatic N) is 2. The lowest BCUT2D eigenvalue weighted by Gasteiger charge is -2.13. The van der Waals surface area contributed by atoms with Gasteiger partial charge in [0.15, 0.2) is 22.4 Å². The third kappa shape index (κ3) is 7.00. The molecule has 0 aliphatic rings. The van der Waals surface area contributed by atoms with Crippen LogP contribution in [0.1, 0.15) is 30.5 Å². The normalized spacial score (nSPS) is 10.5. The van der Waals surface area contributed by atoms with Crippen molar-refractivity contribution in [3.8, 4) is 11.5 Å². The van der Waals surface area contributed by atoms with E-state index in [1.165, 1.54) is 11.1 Å². The number of rotatable bonds is 10. The standard InChI is InChI=1S/C24H30N4O2S/c1-4-29-21-10-9-19(16-22(21)30-5-2)11-13-25-24(31)26-23-12-14-28(27-23)17-20-8-6-7-18(3)15-20/h6-10,12,14-16H,4-5,11,13,17H2,1-3H3,(H2,25,26,27,31). The minimum atomic E-state index is 0.553. The van der Waals surface area contributed by atoms with E-state index in [0.29, 0.717) is 24.9 Å². The van der Waals surface area contributed by atoms with Crippen LogP contribution in [-0.4, -0.2) is 34.7 Å². The summed E-state index contributed by atoms with van der Waals surface area (Å²) in [5, 5.41) is 11.5. The first-order chi connectivity index (χ1) is 15.1. The smallest absolute Gasteiger partial charge is 0.172 e. The Hall–Kier alpha value is -3.06. The number of hydrogen-bond acceptors (Lipinski definition) is 4. The molecule has 3 rings (SSSR count). The summed E-state index contributed by atoms with van der Waals surface area (Å²) in [6.45, 7) is 8.67. The van der Waals surface area contributed by atoms with E-state index in [1.54, 1.807) is 0 Å². The molecule has 0 spiro atoms. The maximum Gasteiger partial charge on any atom is 0.172 e. The molecule has 6 nitrogen and oxygen atoms in total. The van der Waals surface area contributed by atoms with Crippen molar-refractivity contribution in [2.24, 2.45) is 0 Å². The quantitative estimate of drug-likeness (QED) is 0.452. The van der Waals surface area contributed by atoms with Crippen LogP contribution in [0.15, 0.2) is 54.7 Å². The third-order valence-corrected chi connectivity index (χ3v) is 4.86. The van der Waals surface area contributed by atoms with Crippen LogP contribution < -0.4 is 20.1 Å². The van der Waals surface area contributed by atoms with Gasteiger partial charge >= 0.3 is 0 Å². The molecule has 0 aliphatic heterocycles. The molecule has 0 atom stereocenters. The Balaban J connectivity index is 1.47. The highest BCUT2D eigenvalue weighted by atomic mass is 32.1. The molecule has 0 saturated heterocycles. The molecule has 0 bridgehead atoms. The second-order valence-corrected chi connectivity index (χ2v) is 7.57. The molecular formula is C24H30N4O2S. The van der Waals surface area contributed by atoms with Crippen molar-refractivity contribution in [1.82, 2.24) is 15.1 Å². The maximum absolute atomic E-state index is 5.69. The second-order valence-electron chi connectivity index (χ2n) is 7.17. The number of nitrogens with one attached hydrogen (secondary N) is 2. The van der Waals surface area contributed by atoms with Gasteiger partial charge in [0.25, 0.3) is 0 Å². The van der Waals surface area contributed by atoms with Gasteiger partial charge in [0.2, 0.25) is 0 Å². The van der Waals surface area contributed by atoms with Gasteiger partial charge in [-0.1, -0.05) is 35.9 Å². The number of anilines is 1. The van der Waals surface area contributed by atoms with Gasteiger partial charge in [0.1, 0.15) is 0 Å². The van der Waals surface area contributed by atoms with Crippen LogP contribution in [0.5, 0.6) is 11.5 Å². The third-order valence-electron chi connectivity index (χ3n) is 4.62. The molecule has 0 radical (unpaired) electrons. The van der Waals surface area contributed by atoms with E-state index in [0.717, 1.165) is 35.8 Å². The average molecular weight is 439 g/mol. The zero-order valence-corrected chi connectivity index (χ0v) is 19.2. The van der Waals surface area contributed by atoms with Crippen LogP contribution in [0.3, 0.4) is 0 Å². The summed E-state index contributed by atoms with van der Waals surface area (Å²) in [4.78, 5) is 0. The molecule has 2 aromatic carbocycles. The minimum absolute atomic E-state index is 0.553. The first-order valence-corrected chi connectivity index (χ1v) is 11.0. The largest absolute Gasteiger partial charge is 0.490 e. The number of aryl methyl sites for hydroxylation is 1. The fraction of sp³-hybridized carbons (Fsp3) is 0.333. The summed E-state index contributed by atoms with van der Waals surface area (Å²) in [7, 11) is 0. The number of benzene rings is 2. The molecule has 0 fully saturated rings. The number of ether oxygens (including phenoxy) is 2. The predicted octanol–water partition coefficient (Wildman–Crippen LogP) is 4.57. The number of thiocarbonyl (C=S) groups is 1. The van der Waals surface area contributed by atoms with Crippen LogP contribution in [0.25, 0.3) is 0 Å². The van der Waals surface area contributed by atoms with Crippen LogP contribution in [0.2, 0.25) is 0 Å². The van der Waals surface area contributed by atoms with E-state index in [-0.39, 0.29) is 0 Å². The highest BCUT2D eigenvalue weighted by molar-refractivity contribution is 7.80. The topological polar surface area (TPSA) is 60.3 Å². The molecule has 3 aromatic rings. The molecule has 7 heteroatoms. The monoisotopic (exact) mass is 438 g/mol. The fourth-order valence-electron chi connectivity index (χ4n) is 3.25. The lowest BCUT2D eigenvalue weighted by atomic mass is 10.1. The summed E-state index contributed by atoms with van der Waals surface area (Å²) in [5.41, 5.74) is 3.62. The van der Waals surface area contributed by atoms with Crippen molar-refractivity contribution in [3.63, 3.8) is 0 Å². The van der Waals surface area contributed by atoms with Gasteiger partial charge in [-0.05, 0) is 62.7 Å². The highest BCUT2D eigenvalue weighted by Crippen LogP contribution is 2.28. The molecule has 0 saturated carbocycles. The lowest BCUT2D eigenvalue weighted by Crippen LogP contribution is -2.30. The highest BCUT2D eigenvalue weighted by Gasteiger charge is 2.07. The zero-order valence-electron chi connectivity index (χ0n) is 18.4. The average Bonchev–Trinajstić information content (AvgIpc) is 3.16. The Morgan fingerprint density at radius 2 is 1.81 bits per heavy atom. The van der Waals surface area contributed by atoms with Gasteiger partial charge in [0.05, 0.1) is 19.8 Å².